The fraction of sp³-hybridized carbons (Fsp3) is 0.562. The second-order valence-corrected chi connectivity index (χ2v) is 5.67. The Morgan fingerprint density at radius 1 is 1.13 bits per heavy atom. The van der Waals surface area contributed by atoms with E-state index in [1.807, 2.05) is 0 Å². The van der Waals surface area contributed by atoms with Gasteiger partial charge in [0.15, 0.2) is 11.5 Å². The van der Waals surface area contributed by atoms with Crippen LogP contribution in [0.5, 0.6) is 11.5 Å². The van der Waals surface area contributed by atoms with E-state index in [4.69, 9.17) is 9.47 Å². The van der Waals surface area contributed by atoms with Gasteiger partial charge in [0, 0.05) is 5.56 Å². The highest BCUT2D eigenvalue weighted by atomic mass is 19.4. The summed E-state index contributed by atoms with van der Waals surface area (Å²) in [6.07, 6.45) is -2.45. The van der Waals surface area contributed by atoms with Crippen LogP contribution in [-0.2, 0) is 16.4 Å². The smallest absolute Gasteiger partial charge is 0.416 e. The Labute approximate surface area is 132 Å². The fourth-order valence-electron chi connectivity index (χ4n) is 3.36. The molecule has 0 aromatic heterocycles. The Hall–Kier alpha value is -1.92. The predicted octanol–water partition coefficient (Wildman–Crippen LogP) is 4.01. The zero-order chi connectivity index (χ0) is 17.3. The van der Waals surface area contributed by atoms with Crippen LogP contribution >= 0.6 is 0 Å². The van der Waals surface area contributed by atoms with Gasteiger partial charge in [-0.2, -0.15) is 13.2 Å². The van der Waals surface area contributed by atoms with E-state index < -0.39 is 23.1 Å². The van der Waals surface area contributed by atoms with Gasteiger partial charge in [0.25, 0.3) is 0 Å². The summed E-state index contributed by atoms with van der Waals surface area (Å²) in [4.78, 5) is 12.0. The summed E-state index contributed by atoms with van der Waals surface area (Å²) in [5.41, 5.74) is -2.90. The van der Waals surface area contributed by atoms with Crippen molar-refractivity contribution in [2.24, 2.45) is 0 Å². The zero-order valence-electron chi connectivity index (χ0n) is 13.0. The lowest BCUT2D eigenvalue weighted by molar-refractivity contribution is -0.147. The van der Waals surface area contributed by atoms with Crippen LogP contribution in [0.3, 0.4) is 0 Å². The Balaban J connectivity index is 2.82. The van der Waals surface area contributed by atoms with Crippen molar-refractivity contribution >= 4 is 5.97 Å². The molecule has 1 N–H and O–H groups in total. The van der Waals surface area contributed by atoms with Gasteiger partial charge >= 0.3 is 12.1 Å². The molecule has 128 valence electrons. The van der Waals surface area contributed by atoms with Gasteiger partial charge in [-0.1, -0.05) is 19.3 Å². The minimum Gasteiger partial charge on any atom is -0.493 e. The van der Waals surface area contributed by atoms with Crippen molar-refractivity contribution in [3.8, 4) is 11.5 Å². The second kappa shape index (κ2) is 6.29. The van der Waals surface area contributed by atoms with Crippen LogP contribution in [0.15, 0.2) is 12.1 Å². The number of methoxy groups -OCH3 is 2. The molecule has 0 bridgehead atoms. The number of hydrogen-bond donors (Lipinski definition) is 1. The zero-order valence-corrected chi connectivity index (χ0v) is 13.0. The van der Waals surface area contributed by atoms with E-state index in [1.54, 1.807) is 0 Å². The first-order valence-corrected chi connectivity index (χ1v) is 7.34. The summed E-state index contributed by atoms with van der Waals surface area (Å²) in [5, 5.41) is 9.75. The van der Waals surface area contributed by atoms with Crippen LogP contribution in [0.2, 0.25) is 0 Å². The number of carbonyl (C=O) groups is 1. The molecular weight excluding hydrogens is 313 g/mol. The van der Waals surface area contributed by atoms with E-state index >= 15 is 0 Å². The summed E-state index contributed by atoms with van der Waals surface area (Å²) in [6.45, 7) is 0. The van der Waals surface area contributed by atoms with E-state index in [0.29, 0.717) is 12.8 Å². The highest BCUT2D eigenvalue weighted by Crippen LogP contribution is 2.51. The highest BCUT2D eigenvalue weighted by molar-refractivity contribution is 5.84. The van der Waals surface area contributed by atoms with Crippen molar-refractivity contribution in [2.45, 2.75) is 43.7 Å². The molecule has 2 rings (SSSR count). The summed E-state index contributed by atoms with van der Waals surface area (Å²) >= 11 is 0. The maximum atomic E-state index is 13.5. The average molecular weight is 332 g/mol. The SMILES string of the molecule is COc1ccc(C(F)(F)F)c(C2(C(=O)O)CCCCC2)c1OC. The normalized spacial score (nSPS) is 17.6. The molecule has 1 aromatic rings. The molecule has 0 aliphatic heterocycles. The molecule has 1 aliphatic rings. The van der Waals surface area contributed by atoms with Gasteiger partial charge in [-0.15, -0.1) is 0 Å². The largest absolute Gasteiger partial charge is 0.493 e. The summed E-state index contributed by atoms with van der Waals surface area (Å²) in [5.74, 6) is -1.30. The standard InChI is InChI=1S/C16H19F3O4/c1-22-11-7-6-10(16(17,18)19)12(13(11)23-2)15(14(20)21)8-4-3-5-9-15/h6-7H,3-5,8-9H2,1-2H3,(H,20,21). The Bertz CT molecular complexity index is 590. The fourth-order valence-corrected chi connectivity index (χ4v) is 3.36. The molecule has 1 aromatic carbocycles. The van der Waals surface area contributed by atoms with Crippen LogP contribution in [-0.4, -0.2) is 25.3 Å². The van der Waals surface area contributed by atoms with Crippen molar-refractivity contribution in [3.05, 3.63) is 23.3 Å². The Morgan fingerprint density at radius 2 is 1.74 bits per heavy atom. The number of benzene rings is 1. The van der Waals surface area contributed by atoms with Crippen molar-refractivity contribution in [1.82, 2.24) is 0 Å². The van der Waals surface area contributed by atoms with E-state index in [1.165, 1.54) is 14.2 Å². The van der Waals surface area contributed by atoms with Crippen LogP contribution < -0.4 is 9.47 Å². The monoisotopic (exact) mass is 332 g/mol. The molecule has 0 unspecified atom stereocenters. The van der Waals surface area contributed by atoms with Gasteiger partial charge in [-0.25, -0.2) is 0 Å². The number of aliphatic carboxylic acids is 1. The number of carboxylic acid groups (broad SMARTS) is 1. The third kappa shape index (κ3) is 2.96. The van der Waals surface area contributed by atoms with E-state index in [9.17, 15) is 23.1 Å². The first kappa shape index (κ1) is 17.4. The van der Waals surface area contributed by atoms with Crippen LogP contribution in [0.4, 0.5) is 13.2 Å². The van der Waals surface area contributed by atoms with Gasteiger partial charge in [-0.05, 0) is 25.0 Å². The Morgan fingerprint density at radius 3 is 2.17 bits per heavy atom. The number of halogens is 3. The molecule has 0 spiro atoms. The summed E-state index contributed by atoms with van der Waals surface area (Å²) in [7, 11) is 2.53. The molecule has 0 atom stereocenters. The van der Waals surface area contributed by atoms with Gasteiger partial charge < -0.3 is 14.6 Å². The third-order valence-corrected chi connectivity index (χ3v) is 4.45. The summed E-state index contributed by atoms with van der Waals surface area (Å²) in [6, 6.07) is 2.03. The lowest BCUT2D eigenvalue weighted by Crippen LogP contribution is -2.40. The van der Waals surface area contributed by atoms with Gasteiger partial charge in [-0.3, -0.25) is 4.79 Å². The van der Waals surface area contributed by atoms with Gasteiger partial charge in [0.1, 0.15) is 0 Å². The van der Waals surface area contributed by atoms with Crippen LogP contribution in [0.25, 0.3) is 0 Å². The van der Waals surface area contributed by atoms with Crippen LogP contribution in [0.1, 0.15) is 43.2 Å². The lowest BCUT2D eigenvalue weighted by Gasteiger charge is -2.36. The molecule has 0 saturated heterocycles. The second-order valence-electron chi connectivity index (χ2n) is 5.67. The van der Waals surface area contributed by atoms with Gasteiger partial charge in [0.2, 0.25) is 0 Å². The molecule has 1 aliphatic carbocycles. The topological polar surface area (TPSA) is 55.8 Å². The first-order valence-electron chi connectivity index (χ1n) is 7.34. The maximum absolute atomic E-state index is 13.5. The summed E-state index contributed by atoms with van der Waals surface area (Å²) < 4.78 is 50.7. The number of alkyl halides is 3. The third-order valence-electron chi connectivity index (χ3n) is 4.45. The molecule has 0 heterocycles. The van der Waals surface area contributed by atoms with Crippen LogP contribution in [0, 0.1) is 0 Å². The molecule has 7 heteroatoms. The van der Waals surface area contributed by atoms with E-state index in [-0.39, 0.29) is 29.9 Å². The van der Waals surface area contributed by atoms with Crippen molar-refractivity contribution in [1.29, 1.82) is 0 Å². The molecule has 4 nitrogen and oxygen atoms in total. The molecule has 1 fully saturated rings. The average Bonchev–Trinajstić information content (AvgIpc) is 2.52. The minimum atomic E-state index is -4.67. The first-order chi connectivity index (χ1) is 10.8. The molecular formula is C16H19F3O4. The molecule has 0 radical (unpaired) electrons. The quantitative estimate of drug-likeness (QED) is 0.905. The number of ether oxygens (including phenoxy) is 2. The van der Waals surface area contributed by atoms with Crippen molar-refractivity contribution in [3.63, 3.8) is 0 Å². The van der Waals surface area contributed by atoms with Gasteiger partial charge in [0.05, 0.1) is 25.2 Å². The van der Waals surface area contributed by atoms with E-state index in [0.717, 1.165) is 18.6 Å². The number of carboxylic acids is 1. The maximum Gasteiger partial charge on any atom is 0.416 e. The van der Waals surface area contributed by atoms with Crippen molar-refractivity contribution < 1.29 is 32.5 Å². The molecule has 1 saturated carbocycles. The highest BCUT2D eigenvalue weighted by Gasteiger charge is 2.49. The molecule has 23 heavy (non-hydrogen) atoms. The molecule has 0 amide bonds. The lowest BCUT2D eigenvalue weighted by atomic mass is 9.67. The van der Waals surface area contributed by atoms with E-state index in [2.05, 4.69) is 0 Å². The number of hydrogen-bond acceptors (Lipinski definition) is 3. The predicted molar refractivity (Wildman–Crippen MR) is 76.9 cm³/mol. The Kier molecular flexibility index (Phi) is 4.77. The minimum absolute atomic E-state index is 0.0988. The van der Waals surface area contributed by atoms with Crippen molar-refractivity contribution in [2.75, 3.05) is 14.2 Å². The number of rotatable bonds is 4.